The number of hydrogen-bond donors (Lipinski definition) is 4. The first-order chi connectivity index (χ1) is 12.7. The Balaban J connectivity index is 1.91. The molecular formula is C19H29N5OS. The van der Waals surface area contributed by atoms with Gasteiger partial charge in [-0.3, -0.25) is 4.99 Å². The van der Waals surface area contributed by atoms with Gasteiger partial charge in [0.1, 0.15) is 5.75 Å². The molecule has 0 spiro atoms. The summed E-state index contributed by atoms with van der Waals surface area (Å²) in [5.74, 6) is 1.08. The second-order valence-corrected chi connectivity index (χ2v) is 6.93. The molecule has 0 aliphatic carbocycles. The fourth-order valence-corrected chi connectivity index (χ4v) is 3.24. The van der Waals surface area contributed by atoms with E-state index in [2.05, 4.69) is 46.0 Å². The summed E-state index contributed by atoms with van der Waals surface area (Å²) in [6.45, 7) is 3.62. The van der Waals surface area contributed by atoms with Crippen molar-refractivity contribution in [2.45, 2.75) is 25.8 Å². The van der Waals surface area contributed by atoms with Gasteiger partial charge in [0.15, 0.2) is 5.96 Å². The first kappa shape index (κ1) is 20.2. The van der Waals surface area contributed by atoms with Gasteiger partial charge >= 0.3 is 0 Å². The minimum absolute atomic E-state index is 0.155. The molecule has 1 aromatic heterocycles. The van der Waals surface area contributed by atoms with Gasteiger partial charge in [-0.1, -0.05) is 6.07 Å². The van der Waals surface area contributed by atoms with Crippen molar-refractivity contribution in [1.82, 2.24) is 5.32 Å². The molecular weight excluding hydrogens is 346 g/mol. The monoisotopic (exact) mass is 375 g/mol. The van der Waals surface area contributed by atoms with Gasteiger partial charge in [0.05, 0.1) is 6.61 Å². The fraction of sp³-hybridized carbons (Fsp3) is 0.421. The van der Waals surface area contributed by atoms with Gasteiger partial charge in [-0.25, -0.2) is 0 Å². The Morgan fingerprint density at radius 1 is 1.15 bits per heavy atom. The molecule has 0 radical (unpaired) electrons. The Labute approximate surface area is 159 Å². The molecule has 0 aliphatic rings. The van der Waals surface area contributed by atoms with Crippen LogP contribution in [0.1, 0.15) is 24.8 Å². The number of ether oxygens (including phenoxy) is 1. The maximum atomic E-state index is 5.91. The van der Waals surface area contributed by atoms with E-state index >= 15 is 0 Å². The molecule has 0 amide bonds. The van der Waals surface area contributed by atoms with Crippen LogP contribution in [0, 0.1) is 0 Å². The number of aliphatic imine (C=N–C) groups is 1. The van der Waals surface area contributed by atoms with Crippen molar-refractivity contribution in [3.8, 4) is 16.2 Å². The van der Waals surface area contributed by atoms with Crippen molar-refractivity contribution in [2.75, 3.05) is 26.2 Å². The first-order valence-electron chi connectivity index (χ1n) is 8.96. The molecule has 2 rings (SSSR count). The molecule has 1 aromatic carbocycles. The highest BCUT2D eigenvalue weighted by atomic mass is 32.1. The Morgan fingerprint density at radius 3 is 2.77 bits per heavy atom. The number of nitrogens with two attached hydrogens (primary N) is 3. The van der Waals surface area contributed by atoms with Crippen molar-refractivity contribution in [2.24, 2.45) is 22.2 Å². The summed E-state index contributed by atoms with van der Waals surface area (Å²) in [5, 5.41) is 5.57. The third kappa shape index (κ3) is 7.03. The minimum atomic E-state index is 0.155. The second kappa shape index (κ2) is 11.5. The van der Waals surface area contributed by atoms with E-state index in [9.17, 15) is 0 Å². The quantitative estimate of drug-likeness (QED) is 0.258. The molecule has 7 N–H and O–H groups in total. The molecule has 6 nitrogen and oxygen atoms in total. The number of unbranched alkanes of at least 4 members (excludes halogenated alkanes) is 1. The maximum absolute atomic E-state index is 5.91. The predicted molar refractivity (Wildman–Crippen MR) is 111 cm³/mol. The van der Waals surface area contributed by atoms with E-state index in [0.717, 1.165) is 43.7 Å². The van der Waals surface area contributed by atoms with E-state index in [1.54, 1.807) is 11.3 Å². The smallest absolute Gasteiger partial charge is 0.185 e. The maximum Gasteiger partial charge on any atom is 0.185 e. The van der Waals surface area contributed by atoms with Crippen LogP contribution in [-0.2, 0) is 6.54 Å². The van der Waals surface area contributed by atoms with Crippen molar-refractivity contribution in [3.05, 3.63) is 41.3 Å². The highest BCUT2D eigenvalue weighted by Crippen LogP contribution is 2.29. The van der Waals surface area contributed by atoms with E-state index in [0.29, 0.717) is 19.7 Å². The normalized spacial score (nSPS) is 10.7. The molecule has 0 atom stereocenters. The lowest BCUT2D eigenvalue weighted by Crippen LogP contribution is -2.23. The van der Waals surface area contributed by atoms with Gasteiger partial charge in [-0.05, 0) is 67.6 Å². The Bertz CT molecular complexity index is 669. The lowest BCUT2D eigenvalue weighted by atomic mass is 10.1. The van der Waals surface area contributed by atoms with E-state index < -0.39 is 0 Å². The summed E-state index contributed by atoms with van der Waals surface area (Å²) < 4.78 is 5.91. The molecule has 2 aromatic rings. The van der Waals surface area contributed by atoms with Crippen LogP contribution < -0.4 is 27.3 Å². The zero-order valence-electron chi connectivity index (χ0n) is 15.1. The molecule has 0 bridgehead atoms. The summed E-state index contributed by atoms with van der Waals surface area (Å²) in [5.41, 5.74) is 18.6. The van der Waals surface area contributed by atoms with E-state index in [1.807, 2.05) is 0 Å². The lowest BCUT2D eigenvalue weighted by molar-refractivity contribution is 0.309. The molecule has 1 heterocycles. The van der Waals surface area contributed by atoms with Crippen molar-refractivity contribution >= 4 is 17.3 Å². The average molecular weight is 376 g/mol. The van der Waals surface area contributed by atoms with Crippen LogP contribution >= 0.6 is 11.3 Å². The van der Waals surface area contributed by atoms with Crippen LogP contribution in [0.25, 0.3) is 10.4 Å². The van der Waals surface area contributed by atoms with E-state index in [1.165, 1.54) is 10.4 Å². The van der Waals surface area contributed by atoms with Gasteiger partial charge in [-0.2, -0.15) is 0 Å². The Kier molecular flexibility index (Phi) is 8.95. The standard InChI is InChI=1S/C19H29N5OS/c20-8-4-11-25-17-7-6-15(18-5-3-12-26-18)13-16(17)14-23-9-1-2-10-24-19(21)22/h3,5-7,12-13,23H,1-2,4,8-11,14,20H2,(H4,21,22,24). The number of nitrogens with zero attached hydrogens (tertiary/aromatic N) is 1. The van der Waals surface area contributed by atoms with Gasteiger partial charge in [-0.15, -0.1) is 11.3 Å². The largest absolute Gasteiger partial charge is 0.493 e. The SMILES string of the molecule is NCCCOc1ccc(-c2cccs2)cc1CNCCCCN=C(N)N. The van der Waals surface area contributed by atoms with E-state index in [4.69, 9.17) is 21.9 Å². The lowest BCUT2D eigenvalue weighted by Gasteiger charge is -2.13. The zero-order chi connectivity index (χ0) is 18.6. The molecule has 0 saturated heterocycles. The summed E-state index contributed by atoms with van der Waals surface area (Å²) in [6, 6.07) is 10.6. The third-order valence-electron chi connectivity index (χ3n) is 3.84. The summed E-state index contributed by atoms with van der Waals surface area (Å²) in [4.78, 5) is 5.25. The number of rotatable bonds is 12. The van der Waals surface area contributed by atoms with Crippen molar-refractivity contribution in [1.29, 1.82) is 0 Å². The molecule has 7 heteroatoms. The topological polar surface area (TPSA) is 112 Å². The number of benzene rings is 1. The van der Waals surface area contributed by atoms with Gasteiger partial charge < -0.3 is 27.3 Å². The molecule has 0 fully saturated rings. The molecule has 26 heavy (non-hydrogen) atoms. The predicted octanol–water partition coefficient (Wildman–Crippen LogP) is 2.29. The second-order valence-electron chi connectivity index (χ2n) is 5.98. The van der Waals surface area contributed by atoms with Crippen LogP contribution in [0.5, 0.6) is 5.75 Å². The van der Waals surface area contributed by atoms with Crippen LogP contribution in [-0.4, -0.2) is 32.2 Å². The van der Waals surface area contributed by atoms with Gasteiger partial charge in [0.25, 0.3) is 0 Å². The Morgan fingerprint density at radius 2 is 2.04 bits per heavy atom. The number of thiophene rings is 1. The van der Waals surface area contributed by atoms with Crippen LogP contribution in [0.3, 0.4) is 0 Å². The third-order valence-corrected chi connectivity index (χ3v) is 4.76. The zero-order valence-corrected chi connectivity index (χ0v) is 15.9. The number of nitrogens with one attached hydrogen (secondary N) is 1. The number of guanidine groups is 1. The molecule has 0 aliphatic heterocycles. The molecule has 0 unspecified atom stereocenters. The minimum Gasteiger partial charge on any atom is -0.493 e. The van der Waals surface area contributed by atoms with Crippen molar-refractivity contribution < 1.29 is 4.74 Å². The average Bonchev–Trinajstić information content (AvgIpc) is 3.16. The van der Waals surface area contributed by atoms with Crippen LogP contribution in [0.2, 0.25) is 0 Å². The van der Waals surface area contributed by atoms with Crippen LogP contribution in [0.4, 0.5) is 0 Å². The van der Waals surface area contributed by atoms with Crippen LogP contribution in [0.15, 0.2) is 40.7 Å². The first-order valence-corrected chi connectivity index (χ1v) is 9.84. The summed E-state index contributed by atoms with van der Waals surface area (Å²) >= 11 is 1.74. The Hall–Kier alpha value is -2.09. The van der Waals surface area contributed by atoms with Crippen molar-refractivity contribution in [3.63, 3.8) is 0 Å². The van der Waals surface area contributed by atoms with Gasteiger partial charge in [0, 0.05) is 23.5 Å². The summed E-state index contributed by atoms with van der Waals surface area (Å²) in [6.07, 6.45) is 2.83. The molecule has 142 valence electrons. The highest BCUT2D eigenvalue weighted by Gasteiger charge is 2.07. The number of hydrogen-bond acceptors (Lipinski definition) is 5. The fourth-order valence-electron chi connectivity index (χ4n) is 2.51. The highest BCUT2D eigenvalue weighted by molar-refractivity contribution is 7.13. The van der Waals surface area contributed by atoms with E-state index in [-0.39, 0.29) is 5.96 Å². The molecule has 0 saturated carbocycles. The van der Waals surface area contributed by atoms with Gasteiger partial charge in [0.2, 0.25) is 0 Å². The summed E-state index contributed by atoms with van der Waals surface area (Å²) in [7, 11) is 0.